The molecule has 0 radical (unpaired) electrons. The Bertz CT molecular complexity index is 383. The highest BCUT2D eigenvalue weighted by molar-refractivity contribution is 7.09. The molecule has 0 amide bonds. The van der Waals surface area contributed by atoms with E-state index < -0.39 is 6.10 Å². The second-order valence-corrected chi connectivity index (χ2v) is 6.55. The van der Waals surface area contributed by atoms with Gasteiger partial charge in [0, 0.05) is 18.4 Å². The molecule has 1 atom stereocenters. The molecule has 1 aliphatic carbocycles. The number of aromatic nitrogens is 1. The van der Waals surface area contributed by atoms with E-state index in [4.69, 9.17) is 4.74 Å². The van der Waals surface area contributed by atoms with Gasteiger partial charge in [0.05, 0.1) is 22.4 Å². The van der Waals surface area contributed by atoms with Crippen molar-refractivity contribution in [1.82, 2.24) is 4.98 Å². The zero-order chi connectivity index (χ0) is 13.7. The van der Waals surface area contributed by atoms with Gasteiger partial charge in [0.2, 0.25) is 0 Å². The van der Waals surface area contributed by atoms with Crippen molar-refractivity contribution in [3.05, 3.63) is 16.1 Å². The molecule has 4 heteroatoms. The topological polar surface area (TPSA) is 42.4 Å². The SMILES string of the molecule is CCOC1(C(O)Cc2csc(C)n2)CCCCCC1. The summed E-state index contributed by atoms with van der Waals surface area (Å²) in [6.07, 6.45) is 6.97. The lowest BCUT2D eigenvalue weighted by Gasteiger charge is -2.37. The second kappa shape index (κ2) is 6.82. The van der Waals surface area contributed by atoms with Gasteiger partial charge < -0.3 is 9.84 Å². The third-order valence-corrected chi connectivity index (χ3v) is 4.88. The van der Waals surface area contributed by atoms with Crippen LogP contribution in [0.3, 0.4) is 0 Å². The van der Waals surface area contributed by atoms with Crippen molar-refractivity contribution in [1.29, 1.82) is 0 Å². The molecule has 0 aliphatic heterocycles. The molecule has 0 aromatic carbocycles. The van der Waals surface area contributed by atoms with Crippen LogP contribution in [0, 0.1) is 6.92 Å². The molecule has 3 nitrogen and oxygen atoms in total. The highest BCUT2D eigenvalue weighted by Crippen LogP contribution is 2.34. The summed E-state index contributed by atoms with van der Waals surface area (Å²) in [6, 6.07) is 0. The van der Waals surface area contributed by atoms with Gasteiger partial charge in [0.15, 0.2) is 0 Å². The van der Waals surface area contributed by atoms with Crippen LogP contribution >= 0.6 is 11.3 Å². The quantitative estimate of drug-likeness (QED) is 0.841. The van der Waals surface area contributed by atoms with Crippen LogP contribution in [0.4, 0.5) is 0 Å². The molecule has 1 N–H and O–H groups in total. The number of thiazole rings is 1. The van der Waals surface area contributed by atoms with E-state index in [0.29, 0.717) is 13.0 Å². The summed E-state index contributed by atoms with van der Waals surface area (Å²) in [7, 11) is 0. The predicted octanol–water partition coefficient (Wildman–Crippen LogP) is 3.48. The molecule has 0 spiro atoms. The number of ether oxygens (including phenoxy) is 1. The Morgan fingerprint density at radius 2 is 2.05 bits per heavy atom. The fraction of sp³-hybridized carbons (Fsp3) is 0.800. The van der Waals surface area contributed by atoms with Crippen molar-refractivity contribution < 1.29 is 9.84 Å². The summed E-state index contributed by atoms with van der Waals surface area (Å²) in [6.45, 7) is 4.70. The third-order valence-electron chi connectivity index (χ3n) is 4.06. The van der Waals surface area contributed by atoms with Gasteiger partial charge in [-0.2, -0.15) is 0 Å². The normalized spacial score (nSPS) is 21.0. The molecule has 1 fully saturated rings. The Morgan fingerprint density at radius 3 is 2.58 bits per heavy atom. The summed E-state index contributed by atoms with van der Waals surface area (Å²) in [5.74, 6) is 0. The lowest BCUT2D eigenvalue weighted by atomic mass is 9.85. The first-order chi connectivity index (χ1) is 9.16. The molecule has 0 saturated heterocycles. The van der Waals surface area contributed by atoms with E-state index in [9.17, 15) is 5.11 Å². The number of aliphatic hydroxyl groups excluding tert-OH is 1. The Labute approximate surface area is 120 Å². The van der Waals surface area contributed by atoms with Crippen molar-refractivity contribution >= 4 is 11.3 Å². The number of rotatable bonds is 5. The summed E-state index contributed by atoms with van der Waals surface area (Å²) < 4.78 is 6.02. The molecule has 1 saturated carbocycles. The van der Waals surface area contributed by atoms with Crippen molar-refractivity contribution in [2.45, 2.75) is 70.5 Å². The van der Waals surface area contributed by atoms with Crippen LogP contribution in [0.1, 0.15) is 56.2 Å². The fourth-order valence-corrected chi connectivity index (χ4v) is 3.70. The molecule has 2 rings (SSSR count). The largest absolute Gasteiger partial charge is 0.390 e. The van der Waals surface area contributed by atoms with Crippen LogP contribution in [0.2, 0.25) is 0 Å². The van der Waals surface area contributed by atoms with E-state index in [-0.39, 0.29) is 5.60 Å². The number of aryl methyl sites for hydroxylation is 1. The van der Waals surface area contributed by atoms with Gasteiger partial charge >= 0.3 is 0 Å². The first-order valence-corrected chi connectivity index (χ1v) is 8.27. The minimum atomic E-state index is -0.438. The van der Waals surface area contributed by atoms with E-state index in [1.165, 1.54) is 12.8 Å². The van der Waals surface area contributed by atoms with Crippen LogP contribution in [0.5, 0.6) is 0 Å². The molecule has 1 aromatic heterocycles. The maximum atomic E-state index is 10.7. The van der Waals surface area contributed by atoms with Crippen LogP contribution in [-0.4, -0.2) is 28.4 Å². The Hall–Kier alpha value is -0.450. The standard InChI is InChI=1S/C15H25NO2S/c1-3-18-15(8-6-4-5-7-9-15)14(17)10-13-11-19-12(2)16-13/h11,14,17H,3-10H2,1-2H3. The summed E-state index contributed by atoms with van der Waals surface area (Å²) >= 11 is 1.65. The Balaban J connectivity index is 2.08. The molecule has 1 aromatic rings. The third kappa shape index (κ3) is 3.77. The highest BCUT2D eigenvalue weighted by atomic mass is 32.1. The molecule has 1 unspecified atom stereocenters. The van der Waals surface area contributed by atoms with Gasteiger partial charge in [-0.05, 0) is 26.7 Å². The highest BCUT2D eigenvalue weighted by Gasteiger charge is 2.39. The molecular formula is C15H25NO2S. The maximum Gasteiger partial charge on any atom is 0.0943 e. The number of hydrogen-bond acceptors (Lipinski definition) is 4. The predicted molar refractivity (Wildman–Crippen MR) is 78.6 cm³/mol. The second-order valence-electron chi connectivity index (χ2n) is 5.49. The van der Waals surface area contributed by atoms with E-state index in [2.05, 4.69) is 10.4 Å². The lowest BCUT2D eigenvalue weighted by molar-refractivity contribution is -0.128. The molecule has 1 aliphatic rings. The zero-order valence-corrected chi connectivity index (χ0v) is 12.8. The Morgan fingerprint density at radius 1 is 1.37 bits per heavy atom. The van der Waals surface area contributed by atoms with Crippen LogP contribution in [0.15, 0.2) is 5.38 Å². The van der Waals surface area contributed by atoms with Crippen molar-refractivity contribution in [3.8, 4) is 0 Å². The van der Waals surface area contributed by atoms with Gasteiger partial charge in [-0.25, -0.2) is 4.98 Å². The van der Waals surface area contributed by atoms with Gasteiger partial charge in [-0.3, -0.25) is 0 Å². The van der Waals surface area contributed by atoms with Crippen molar-refractivity contribution in [2.75, 3.05) is 6.61 Å². The van der Waals surface area contributed by atoms with E-state index in [1.807, 2.05) is 13.8 Å². The van der Waals surface area contributed by atoms with Gasteiger partial charge in [0.1, 0.15) is 0 Å². The maximum absolute atomic E-state index is 10.7. The van der Waals surface area contributed by atoms with E-state index in [1.54, 1.807) is 11.3 Å². The smallest absolute Gasteiger partial charge is 0.0943 e. The molecule has 108 valence electrons. The van der Waals surface area contributed by atoms with E-state index in [0.717, 1.165) is 36.4 Å². The fourth-order valence-electron chi connectivity index (χ4n) is 3.07. The first-order valence-electron chi connectivity index (χ1n) is 7.39. The number of aliphatic hydroxyl groups is 1. The van der Waals surface area contributed by atoms with Crippen LogP contribution in [0.25, 0.3) is 0 Å². The van der Waals surface area contributed by atoms with Gasteiger partial charge in [-0.15, -0.1) is 11.3 Å². The monoisotopic (exact) mass is 283 g/mol. The van der Waals surface area contributed by atoms with Crippen molar-refractivity contribution in [2.24, 2.45) is 0 Å². The molecule has 1 heterocycles. The summed E-state index contributed by atoms with van der Waals surface area (Å²) in [5.41, 5.74) is 0.654. The first kappa shape index (κ1) is 14.9. The molecule has 19 heavy (non-hydrogen) atoms. The number of hydrogen-bond donors (Lipinski definition) is 1. The summed E-state index contributed by atoms with van der Waals surface area (Å²) in [5, 5.41) is 13.8. The summed E-state index contributed by atoms with van der Waals surface area (Å²) in [4.78, 5) is 4.46. The van der Waals surface area contributed by atoms with Gasteiger partial charge in [-0.1, -0.05) is 25.7 Å². The van der Waals surface area contributed by atoms with Crippen LogP contribution in [-0.2, 0) is 11.2 Å². The zero-order valence-electron chi connectivity index (χ0n) is 12.0. The lowest BCUT2D eigenvalue weighted by Crippen LogP contribution is -2.46. The molecular weight excluding hydrogens is 258 g/mol. The van der Waals surface area contributed by atoms with Gasteiger partial charge in [0.25, 0.3) is 0 Å². The minimum Gasteiger partial charge on any atom is -0.390 e. The van der Waals surface area contributed by atoms with E-state index >= 15 is 0 Å². The number of nitrogens with zero attached hydrogens (tertiary/aromatic N) is 1. The minimum absolute atomic E-state index is 0.344. The average molecular weight is 283 g/mol. The average Bonchev–Trinajstić information content (AvgIpc) is 2.65. The molecule has 0 bridgehead atoms. The van der Waals surface area contributed by atoms with Crippen LogP contribution < -0.4 is 0 Å². The van der Waals surface area contributed by atoms with Crippen molar-refractivity contribution in [3.63, 3.8) is 0 Å². The Kier molecular flexibility index (Phi) is 5.37.